The molecular weight excluding hydrogens is 409 g/mol. The van der Waals surface area contributed by atoms with Gasteiger partial charge in [0.1, 0.15) is 17.2 Å². The molecule has 8 heteroatoms. The lowest BCUT2D eigenvalue weighted by atomic mass is 9.80. The fraction of sp³-hybridized carbons (Fsp3) is 0.409. The molecule has 0 saturated carbocycles. The first-order valence-corrected chi connectivity index (χ1v) is 10.4. The third-order valence-electron chi connectivity index (χ3n) is 6.08. The van der Waals surface area contributed by atoms with Gasteiger partial charge in [0.15, 0.2) is 0 Å². The summed E-state index contributed by atoms with van der Waals surface area (Å²) in [5, 5.41) is 1.55. The van der Waals surface area contributed by atoms with E-state index in [0.29, 0.717) is 24.7 Å². The first-order valence-electron chi connectivity index (χ1n) is 9.98. The van der Waals surface area contributed by atoms with Crippen molar-refractivity contribution in [2.45, 2.75) is 43.6 Å². The Bertz CT molecular complexity index is 1040. The van der Waals surface area contributed by atoms with Gasteiger partial charge in [-0.2, -0.15) is 0 Å². The summed E-state index contributed by atoms with van der Waals surface area (Å²) < 4.78 is 26.0. The minimum atomic E-state index is -1.00. The van der Waals surface area contributed by atoms with Gasteiger partial charge < -0.3 is 15.2 Å². The third kappa shape index (κ3) is 3.12. The minimum absolute atomic E-state index is 0.0720. The monoisotopic (exact) mass is 431 g/mol. The first kappa shape index (κ1) is 19.6. The number of nitrogens with zero attached hydrogens (tertiary/aromatic N) is 2. The van der Waals surface area contributed by atoms with Gasteiger partial charge in [-0.15, -0.1) is 0 Å². The highest BCUT2D eigenvalue weighted by Gasteiger charge is 2.55. The van der Waals surface area contributed by atoms with Crippen LogP contribution in [0.4, 0.5) is 4.39 Å². The fourth-order valence-electron chi connectivity index (χ4n) is 4.45. The van der Waals surface area contributed by atoms with Crippen LogP contribution in [0.5, 0.6) is 5.75 Å². The molecule has 2 spiro atoms. The lowest BCUT2D eigenvalue weighted by molar-refractivity contribution is -0.220. The van der Waals surface area contributed by atoms with Crippen molar-refractivity contribution in [1.29, 1.82) is 0 Å². The molecule has 3 heterocycles. The van der Waals surface area contributed by atoms with Crippen molar-refractivity contribution in [3.05, 3.63) is 52.8 Å². The zero-order valence-electron chi connectivity index (χ0n) is 16.8. The predicted molar refractivity (Wildman–Crippen MR) is 112 cm³/mol. The number of hydroxylamine groups is 2. The summed E-state index contributed by atoms with van der Waals surface area (Å²) in [4.78, 5) is 10.9. The molecule has 3 unspecified atom stereocenters. The van der Waals surface area contributed by atoms with Gasteiger partial charge in [0, 0.05) is 13.5 Å². The van der Waals surface area contributed by atoms with Crippen molar-refractivity contribution < 1.29 is 18.7 Å². The Morgan fingerprint density at radius 2 is 2.00 bits per heavy atom. The molecule has 30 heavy (non-hydrogen) atoms. The number of guanidine groups is 1. The van der Waals surface area contributed by atoms with Crippen LogP contribution in [-0.2, 0) is 15.3 Å². The molecule has 2 aromatic carbocycles. The van der Waals surface area contributed by atoms with E-state index in [2.05, 4.69) is 6.92 Å². The first-order chi connectivity index (χ1) is 14.3. The molecule has 6 nitrogen and oxygen atoms in total. The number of hydrogen-bond donors (Lipinski definition) is 1. The summed E-state index contributed by atoms with van der Waals surface area (Å²) in [7, 11) is 1.73. The molecule has 5 rings (SSSR count). The number of hydrogen-bond acceptors (Lipinski definition) is 6. The molecular formula is C22H23ClFN3O3. The van der Waals surface area contributed by atoms with Gasteiger partial charge >= 0.3 is 0 Å². The Morgan fingerprint density at radius 1 is 1.23 bits per heavy atom. The third-order valence-corrected chi connectivity index (χ3v) is 6.37. The minimum Gasteiger partial charge on any atom is -0.484 e. The zero-order chi connectivity index (χ0) is 21.1. The molecule has 1 fully saturated rings. The summed E-state index contributed by atoms with van der Waals surface area (Å²) in [5.74, 6) is 0.534. The van der Waals surface area contributed by atoms with Gasteiger partial charge in [-0.05, 0) is 55.2 Å². The molecule has 0 radical (unpaired) electrons. The van der Waals surface area contributed by atoms with Crippen molar-refractivity contribution >= 4 is 17.6 Å². The number of fused-ring (bicyclic) bond motifs is 2. The summed E-state index contributed by atoms with van der Waals surface area (Å²) >= 11 is 5.99. The maximum Gasteiger partial charge on any atom is 0.222 e. The van der Waals surface area contributed by atoms with Crippen LogP contribution in [0.25, 0.3) is 11.1 Å². The van der Waals surface area contributed by atoms with Crippen LogP contribution in [0.1, 0.15) is 31.7 Å². The second-order valence-electron chi connectivity index (χ2n) is 8.31. The Balaban J connectivity index is 1.61. The van der Waals surface area contributed by atoms with E-state index in [4.69, 9.17) is 36.6 Å². The zero-order valence-corrected chi connectivity index (χ0v) is 17.6. The number of nitrogens with two attached hydrogens (primary N) is 1. The van der Waals surface area contributed by atoms with Gasteiger partial charge in [0.25, 0.3) is 0 Å². The lowest BCUT2D eigenvalue weighted by Crippen LogP contribution is -2.54. The standard InChI is InChI=1S/C22H23ClFN3O3/c1-13-7-8-21(12-28-13)11-22(26-20(25)27(2)30-22)16-9-14(4-6-19(16)29-21)15-3-5-18(24)17(23)10-15/h3-6,9-10,13H,7-8,11-12H2,1-2H3,(H2,25,26). The summed E-state index contributed by atoms with van der Waals surface area (Å²) in [5.41, 5.74) is 6.97. The molecule has 1 saturated heterocycles. The average Bonchev–Trinajstić information content (AvgIpc) is 3.00. The molecule has 2 N–H and O–H groups in total. The number of halogens is 2. The topological polar surface area (TPSA) is 69.3 Å². The van der Waals surface area contributed by atoms with Crippen LogP contribution >= 0.6 is 11.6 Å². The quantitative estimate of drug-likeness (QED) is 0.732. The van der Waals surface area contributed by atoms with Crippen LogP contribution in [0, 0.1) is 5.82 Å². The van der Waals surface area contributed by atoms with E-state index in [1.807, 2.05) is 18.2 Å². The van der Waals surface area contributed by atoms with Gasteiger partial charge in [0.05, 0.1) is 23.3 Å². The Morgan fingerprint density at radius 3 is 2.67 bits per heavy atom. The Kier molecular flexibility index (Phi) is 4.47. The lowest BCUT2D eigenvalue weighted by Gasteiger charge is -2.47. The number of ether oxygens (including phenoxy) is 2. The summed E-state index contributed by atoms with van der Waals surface area (Å²) in [6.45, 7) is 2.53. The highest BCUT2D eigenvalue weighted by atomic mass is 35.5. The maximum atomic E-state index is 13.6. The fourth-order valence-corrected chi connectivity index (χ4v) is 4.63. The molecule has 3 aliphatic heterocycles. The molecule has 3 aliphatic rings. The maximum absolute atomic E-state index is 13.6. The Hall–Kier alpha value is -2.35. The largest absolute Gasteiger partial charge is 0.484 e. The predicted octanol–water partition coefficient (Wildman–Crippen LogP) is 4.21. The van der Waals surface area contributed by atoms with Crippen LogP contribution in [0.3, 0.4) is 0 Å². The van der Waals surface area contributed by atoms with E-state index in [1.54, 1.807) is 19.2 Å². The molecule has 158 valence electrons. The summed E-state index contributed by atoms with van der Waals surface area (Å²) in [6.07, 6.45) is 2.42. The van der Waals surface area contributed by atoms with Crippen LogP contribution in [-0.4, -0.2) is 36.4 Å². The molecule has 0 amide bonds. The van der Waals surface area contributed by atoms with Crippen LogP contribution < -0.4 is 10.5 Å². The molecule has 0 bridgehead atoms. The van der Waals surface area contributed by atoms with Crippen molar-refractivity contribution in [2.75, 3.05) is 13.7 Å². The number of benzene rings is 2. The highest BCUT2D eigenvalue weighted by Crippen LogP contribution is 2.52. The smallest absolute Gasteiger partial charge is 0.222 e. The second kappa shape index (κ2) is 6.83. The van der Waals surface area contributed by atoms with E-state index in [-0.39, 0.29) is 11.1 Å². The van der Waals surface area contributed by atoms with Crippen molar-refractivity contribution in [2.24, 2.45) is 10.7 Å². The van der Waals surface area contributed by atoms with E-state index in [1.165, 1.54) is 11.1 Å². The molecule has 2 aromatic rings. The highest BCUT2D eigenvalue weighted by molar-refractivity contribution is 6.31. The van der Waals surface area contributed by atoms with E-state index in [0.717, 1.165) is 29.5 Å². The van der Waals surface area contributed by atoms with E-state index in [9.17, 15) is 4.39 Å². The summed E-state index contributed by atoms with van der Waals surface area (Å²) in [6, 6.07) is 10.4. The van der Waals surface area contributed by atoms with Gasteiger partial charge in [-0.3, -0.25) is 0 Å². The van der Waals surface area contributed by atoms with Crippen LogP contribution in [0.2, 0.25) is 5.02 Å². The van der Waals surface area contributed by atoms with Crippen LogP contribution in [0.15, 0.2) is 41.4 Å². The van der Waals surface area contributed by atoms with Gasteiger partial charge in [-0.1, -0.05) is 23.7 Å². The molecule has 0 aliphatic carbocycles. The number of rotatable bonds is 1. The normalized spacial score (nSPS) is 30.3. The van der Waals surface area contributed by atoms with Crippen molar-refractivity contribution in [1.82, 2.24) is 5.06 Å². The molecule has 3 atom stereocenters. The van der Waals surface area contributed by atoms with E-state index < -0.39 is 17.1 Å². The second-order valence-corrected chi connectivity index (χ2v) is 8.71. The van der Waals surface area contributed by atoms with Gasteiger partial charge in [0.2, 0.25) is 11.7 Å². The average molecular weight is 432 g/mol. The van der Waals surface area contributed by atoms with Crippen molar-refractivity contribution in [3.8, 4) is 16.9 Å². The van der Waals surface area contributed by atoms with E-state index >= 15 is 0 Å². The SMILES string of the molecule is CC1CCC2(CO1)CC1(N=C(N)N(C)O1)c1cc(-c3ccc(F)c(Cl)c3)ccc1O2. The van der Waals surface area contributed by atoms with Crippen molar-refractivity contribution in [3.63, 3.8) is 0 Å². The number of aliphatic imine (C=N–C) groups is 1. The Labute approximate surface area is 179 Å². The molecule has 0 aromatic heterocycles. The van der Waals surface area contributed by atoms with Gasteiger partial charge in [-0.25, -0.2) is 19.3 Å².